The third-order valence-corrected chi connectivity index (χ3v) is 7.01. The van der Waals surface area contributed by atoms with Crippen molar-refractivity contribution in [2.45, 2.75) is 50.6 Å². The highest BCUT2D eigenvalue weighted by Crippen LogP contribution is 2.47. The van der Waals surface area contributed by atoms with Gasteiger partial charge >= 0.3 is 11.8 Å². The Hall–Kier alpha value is -3.18. The Labute approximate surface area is 197 Å². The molecule has 0 bridgehead atoms. The third-order valence-electron chi connectivity index (χ3n) is 7.01. The number of hydrogen-bond acceptors (Lipinski definition) is 5. The predicted molar refractivity (Wildman–Crippen MR) is 112 cm³/mol. The lowest BCUT2D eigenvalue weighted by atomic mass is 9.66. The van der Waals surface area contributed by atoms with Crippen molar-refractivity contribution < 1.29 is 36.3 Å². The molecule has 2 aliphatic heterocycles. The van der Waals surface area contributed by atoms with Crippen molar-refractivity contribution in [3.05, 3.63) is 46.9 Å². The van der Waals surface area contributed by atoms with Crippen LogP contribution in [0, 0.1) is 29.3 Å². The highest BCUT2D eigenvalue weighted by molar-refractivity contribution is 6.35. The number of carbonyl (C=O) groups is 3. The molecule has 2 fully saturated rings. The summed E-state index contributed by atoms with van der Waals surface area (Å²) in [7, 11) is 0. The van der Waals surface area contributed by atoms with Crippen LogP contribution in [0.15, 0.2) is 34.1 Å². The number of rotatable bonds is 6. The lowest BCUT2D eigenvalue weighted by Crippen LogP contribution is -2.62. The Morgan fingerprint density at radius 2 is 1.83 bits per heavy atom. The molecule has 1 aromatic rings. The first-order chi connectivity index (χ1) is 16.5. The minimum atomic E-state index is -2.57. The Balaban J connectivity index is 1.40. The number of ketones is 1. The van der Waals surface area contributed by atoms with Gasteiger partial charge < -0.3 is 10.2 Å². The minimum absolute atomic E-state index is 0.0411. The molecule has 1 aliphatic carbocycles. The largest absolute Gasteiger partial charge is 0.337 e. The number of halogens is 5. The molecule has 2 atom stereocenters. The van der Waals surface area contributed by atoms with Crippen LogP contribution in [0.2, 0.25) is 0 Å². The number of amides is 2. The van der Waals surface area contributed by atoms with Crippen LogP contribution in [0.5, 0.6) is 0 Å². The first-order valence-electron chi connectivity index (χ1n) is 11.2. The standard InChI is InChI=1S/C23H23F5N4O3/c1-11-14(17(33)8-12-6-15(24)19(26)16(25)7-12)3-5-32(11)22(35)21(34)30-23(18-2-4-29-31-18)9-13(10-23)20(27)28/h2,6-7,11,13-14,20H,3-5,8-10H2,1H3,(H,30,34)/t11-,13?,14-,23?/m0/s1. The number of carbonyl (C=O) groups excluding carboxylic acids is 3. The van der Waals surface area contributed by atoms with E-state index in [1.807, 2.05) is 0 Å². The van der Waals surface area contributed by atoms with E-state index in [9.17, 15) is 36.3 Å². The van der Waals surface area contributed by atoms with Gasteiger partial charge in [-0.1, -0.05) is 0 Å². The molecule has 1 saturated carbocycles. The zero-order chi connectivity index (χ0) is 25.5. The maximum absolute atomic E-state index is 13.5. The normalized spacial score (nSPS) is 27.7. The van der Waals surface area contributed by atoms with Crippen LogP contribution in [-0.2, 0) is 20.8 Å². The number of nitrogens with one attached hydrogen (secondary N) is 1. The second-order valence-corrected chi connectivity index (χ2v) is 9.20. The molecular weight excluding hydrogens is 475 g/mol. The zero-order valence-corrected chi connectivity index (χ0v) is 18.7. The van der Waals surface area contributed by atoms with E-state index in [0.717, 1.165) is 12.1 Å². The molecule has 1 N–H and O–H groups in total. The van der Waals surface area contributed by atoms with E-state index in [1.54, 1.807) is 13.0 Å². The van der Waals surface area contributed by atoms with Crippen molar-refractivity contribution in [1.29, 1.82) is 0 Å². The summed E-state index contributed by atoms with van der Waals surface area (Å²) in [6, 6.07) is 0.797. The van der Waals surface area contributed by atoms with E-state index in [1.165, 1.54) is 4.90 Å². The zero-order valence-electron chi connectivity index (χ0n) is 18.7. The number of alkyl halides is 2. The maximum Gasteiger partial charge on any atom is 0.312 e. The van der Waals surface area contributed by atoms with Gasteiger partial charge in [0, 0.05) is 30.8 Å². The fourth-order valence-electron chi connectivity index (χ4n) is 5.07. The lowest BCUT2D eigenvalue weighted by molar-refractivity contribution is -0.148. The van der Waals surface area contributed by atoms with Gasteiger partial charge in [0.1, 0.15) is 5.78 Å². The van der Waals surface area contributed by atoms with Crippen LogP contribution < -0.4 is 5.32 Å². The van der Waals surface area contributed by atoms with Crippen LogP contribution in [0.4, 0.5) is 22.0 Å². The van der Waals surface area contributed by atoms with E-state index in [0.29, 0.717) is 5.70 Å². The molecule has 0 aromatic heterocycles. The molecule has 0 radical (unpaired) electrons. The van der Waals surface area contributed by atoms with E-state index in [2.05, 4.69) is 15.5 Å². The molecule has 188 valence electrons. The van der Waals surface area contributed by atoms with Gasteiger partial charge in [-0.25, -0.2) is 22.0 Å². The highest BCUT2D eigenvalue weighted by atomic mass is 19.3. The van der Waals surface area contributed by atoms with Gasteiger partial charge in [0.25, 0.3) is 0 Å². The van der Waals surface area contributed by atoms with Gasteiger partial charge in [-0.05, 0) is 50.0 Å². The summed E-state index contributed by atoms with van der Waals surface area (Å²) in [4.78, 5) is 39.7. The smallest absolute Gasteiger partial charge is 0.312 e. The summed E-state index contributed by atoms with van der Waals surface area (Å²) in [5.41, 5.74) is -0.889. The van der Waals surface area contributed by atoms with Crippen LogP contribution in [-0.4, -0.2) is 53.6 Å². The molecule has 1 aromatic carbocycles. The number of azo groups is 1. The molecule has 0 unspecified atom stereocenters. The molecule has 0 spiro atoms. The Kier molecular flexibility index (Phi) is 6.74. The van der Waals surface area contributed by atoms with Gasteiger partial charge in [-0.3, -0.25) is 14.4 Å². The molecule has 3 aliphatic rings. The van der Waals surface area contributed by atoms with Crippen molar-refractivity contribution in [1.82, 2.24) is 10.2 Å². The second kappa shape index (κ2) is 9.46. The van der Waals surface area contributed by atoms with E-state index >= 15 is 0 Å². The topological polar surface area (TPSA) is 91.2 Å². The van der Waals surface area contributed by atoms with Gasteiger partial charge in [0.15, 0.2) is 17.5 Å². The SMILES string of the molecule is C[C@H]1[C@@H](C(=O)Cc2cc(F)c(F)c(F)c2)CCN1C(=O)C(=O)NC1(C2=CCN=N2)CC(C(F)F)C1. The monoisotopic (exact) mass is 498 g/mol. The van der Waals surface area contributed by atoms with Gasteiger partial charge in [-0.2, -0.15) is 10.2 Å². The summed E-state index contributed by atoms with van der Waals surface area (Å²) in [6.07, 6.45) is -1.24. The quantitative estimate of drug-likeness (QED) is 0.371. The number of Topliss-reactive ketones (excluding diaryl/α,β-unsaturated/α-hetero) is 1. The van der Waals surface area contributed by atoms with E-state index in [4.69, 9.17) is 0 Å². The van der Waals surface area contributed by atoms with Crippen LogP contribution in [0.25, 0.3) is 0 Å². The Morgan fingerprint density at radius 3 is 2.40 bits per heavy atom. The lowest BCUT2D eigenvalue weighted by Gasteiger charge is -2.47. The average molecular weight is 498 g/mol. The summed E-state index contributed by atoms with van der Waals surface area (Å²) < 4.78 is 66.3. The van der Waals surface area contributed by atoms with Gasteiger partial charge in [0.2, 0.25) is 6.43 Å². The van der Waals surface area contributed by atoms with Crippen molar-refractivity contribution in [2.24, 2.45) is 22.1 Å². The van der Waals surface area contributed by atoms with Gasteiger partial charge in [0.05, 0.1) is 17.8 Å². The average Bonchev–Trinajstić information content (AvgIpc) is 3.43. The Morgan fingerprint density at radius 1 is 1.17 bits per heavy atom. The third kappa shape index (κ3) is 4.70. The fraction of sp³-hybridized carbons (Fsp3) is 0.522. The molecule has 2 amide bonds. The summed E-state index contributed by atoms with van der Waals surface area (Å²) in [5, 5.41) is 10.3. The molecule has 4 rings (SSSR count). The van der Waals surface area contributed by atoms with Crippen molar-refractivity contribution in [2.75, 3.05) is 13.1 Å². The fourth-order valence-corrected chi connectivity index (χ4v) is 5.07. The molecule has 1 saturated heterocycles. The van der Waals surface area contributed by atoms with Crippen LogP contribution in [0.1, 0.15) is 31.7 Å². The van der Waals surface area contributed by atoms with Gasteiger partial charge in [-0.15, -0.1) is 0 Å². The summed E-state index contributed by atoms with van der Waals surface area (Å²) in [6.45, 7) is 1.92. The second-order valence-electron chi connectivity index (χ2n) is 9.20. The molecule has 2 heterocycles. The van der Waals surface area contributed by atoms with Crippen molar-refractivity contribution in [3.63, 3.8) is 0 Å². The van der Waals surface area contributed by atoms with E-state index < -0.39 is 64.9 Å². The maximum atomic E-state index is 13.5. The number of benzene rings is 1. The van der Waals surface area contributed by atoms with Crippen LogP contribution >= 0.6 is 0 Å². The highest BCUT2D eigenvalue weighted by Gasteiger charge is 2.53. The predicted octanol–water partition coefficient (Wildman–Crippen LogP) is 3.33. The van der Waals surface area contributed by atoms with Crippen molar-refractivity contribution in [3.8, 4) is 0 Å². The van der Waals surface area contributed by atoms with E-state index in [-0.39, 0.29) is 44.3 Å². The number of hydrogen-bond donors (Lipinski definition) is 1. The molecule has 7 nitrogen and oxygen atoms in total. The molecule has 12 heteroatoms. The molecule has 35 heavy (non-hydrogen) atoms. The number of likely N-dealkylation sites (tertiary alicyclic amines) is 1. The number of nitrogens with zero attached hydrogens (tertiary/aromatic N) is 3. The first-order valence-corrected chi connectivity index (χ1v) is 11.2. The minimum Gasteiger partial charge on any atom is -0.337 e. The van der Waals surface area contributed by atoms with Crippen LogP contribution in [0.3, 0.4) is 0 Å². The summed E-state index contributed by atoms with van der Waals surface area (Å²) in [5.74, 6) is -8.40. The van der Waals surface area contributed by atoms with Crippen molar-refractivity contribution >= 4 is 17.6 Å². The first kappa shape index (κ1) is 24.9. The summed E-state index contributed by atoms with van der Waals surface area (Å²) >= 11 is 0. The Bertz CT molecular complexity index is 1090. The molecular formula is C23H23F5N4O3.